The molecule has 6 rings (SSSR count). The van der Waals surface area contributed by atoms with Crippen molar-refractivity contribution in [1.29, 1.82) is 0 Å². The monoisotopic (exact) mass is 694 g/mol. The number of carboxylic acids is 1. The Morgan fingerprint density at radius 1 is 0.800 bits per heavy atom. The van der Waals surface area contributed by atoms with E-state index in [0.29, 0.717) is 30.1 Å². The van der Waals surface area contributed by atoms with E-state index in [9.17, 15) is 19.2 Å². The second-order valence-corrected chi connectivity index (χ2v) is 19.9. The molecule has 0 aromatic rings. The zero-order valence-corrected chi connectivity index (χ0v) is 32.5. The third kappa shape index (κ3) is 5.32. The highest BCUT2D eigenvalue weighted by Crippen LogP contribution is 2.77. The van der Waals surface area contributed by atoms with Crippen molar-refractivity contribution >= 4 is 23.8 Å². The van der Waals surface area contributed by atoms with Crippen molar-refractivity contribution in [3.8, 4) is 0 Å². The lowest BCUT2D eigenvalue weighted by atomic mass is 9.32. The maximum atomic E-state index is 14.8. The molecular formula is C42H66N2O6. The topological polar surface area (TPSA) is 122 Å². The van der Waals surface area contributed by atoms with Gasteiger partial charge in [0.05, 0.1) is 11.8 Å². The summed E-state index contributed by atoms with van der Waals surface area (Å²) < 4.78 is 5.95. The van der Waals surface area contributed by atoms with Crippen LogP contribution in [0.4, 0.5) is 0 Å². The summed E-state index contributed by atoms with van der Waals surface area (Å²) in [4.78, 5) is 50.8. The number of hydrogen-bond donors (Lipinski definition) is 3. The van der Waals surface area contributed by atoms with E-state index in [-0.39, 0.29) is 76.4 Å². The Morgan fingerprint density at radius 3 is 2.12 bits per heavy atom. The predicted molar refractivity (Wildman–Crippen MR) is 194 cm³/mol. The van der Waals surface area contributed by atoms with E-state index in [1.165, 1.54) is 18.4 Å². The Balaban J connectivity index is 1.24. The number of carboxylic acid groups (broad SMARTS) is 1. The fourth-order valence-electron chi connectivity index (χ4n) is 14.3. The minimum Gasteiger partial charge on any atom is -0.481 e. The van der Waals surface area contributed by atoms with Crippen LogP contribution in [0.15, 0.2) is 12.2 Å². The van der Waals surface area contributed by atoms with Crippen LogP contribution in [0.1, 0.15) is 139 Å². The second kappa shape index (κ2) is 12.4. The van der Waals surface area contributed by atoms with Gasteiger partial charge in [0.25, 0.3) is 0 Å². The first-order chi connectivity index (χ1) is 23.2. The third-order valence-electron chi connectivity index (χ3n) is 17.3. The first-order valence-corrected chi connectivity index (χ1v) is 19.8. The standard InChI is InChI=1S/C42H66N2O6/c1-24(2)26-13-19-42(36(49)44-31-23-28(37(31,4)5)35(48)43-22-16-33(46)47)21-20-40(9)27(34(26)42)11-12-30-39(8)17-15-32(50-25(3)45)38(6,7)29(39)14-18-41(30,40)10/h26-32,34H,1,11-23H2,2-10H3,(H,43,48)(H,44,49)(H,46,47)/t26-,27+,28+,29-,30+,31+,32-,34+,39-,40+,41+,42-/m0/s1. The molecule has 0 spiro atoms. The molecule has 6 fully saturated rings. The molecule has 0 heterocycles. The highest BCUT2D eigenvalue weighted by atomic mass is 16.5. The quantitative estimate of drug-likeness (QED) is 0.177. The van der Waals surface area contributed by atoms with Crippen molar-refractivity contribution in [3.05, 3.63) is 12.2 Å². The molecule has 0 saturated heterocycles. The highest BCUT2D eigenvalue weighted by Gasteiger charge is 2.72. The van der Waals surface area contributed by atoms with Crippen LogP contribution in [0, 0.1) is 68.0 Å². The number of fused-ring (bicyclic) bond motifs is 7. The summed E-state index contributed by atoms with van der Waals surface area (Å²) in [5.74, 6) is 0.846. The smallest absolute Gasteiger partial charge is 0.305 e. The molecule has 0 aliphatic heterocycles. The fourth-order valence-corrected chi connectivity index (χ4v) is 14.3. The molecule has 0 unspecified atom stereocenters. The Labute approximate surface area is 301 Å². The van der Waals surface area contributed by atoms with Crippen LogP contribution in [-0.4, -0.2) is 47.6 Å². The van der Waals surface area contributed by atoms with Gasteiger partial charge in [-0.2, -0.15) is 0 Å². The molecule has 8 nitrogen and oxygen atoms in total. The highest BCUT2D eigenvalue weighted by molar-refractivity contribution is 5.86. The van der Waals surface area contributed by atoms with Crippen molar-refractivity contribution in [3.63, 3.8) is 0 Å². The van der Waals surface area contributed by atoms with E-state index in [1.54, 1.807) is 6.92 Å². The first-order valence-electron chi connectivity index (χ1n) is 19.8. The van der Waals surface area contributed by atoms with E-state index >= 15 is 0 Å². The van der Waals surface area contributed by atoms with Crippen LogP contribution in [0.3, 0.4) is 0 Å². The van der Waals surface area contributed by atoms with Gasteiger partial charge in [-0.3, -0.25) is 19.2 Å². The molecule has 0 radical (unpaired) electrons. The minimum absolute atomic E-state index is 0.0276. The van der Waals surface area contributed by atoms with Crippen molar-refractivity contribution in [1.82, 2.24) is 10.6 Å². The van der Waals surface area contributed by atoms with E-state index in [1.807, 2.05) is 0 Å². The van der Waals surface area contributed by atoms with Crippen LogP contribution < -0.4 is 10.6 Å². The number of nitrogens with one attached hydrogen (secondary N) is 2. The van der Waals surface area contributed by atoms with Crippen molar-refractivity contribution in [2.45, 2.75) is 152 Å². The number of esters is 1. The molecule has 6 saturated carbocycles. The Hall–Kier alpha value is -2.38. The van der Waals surface area contributed by atoms with Gasteiger partial charge in [-0.25, -0.2) is 0 Å². The Morgan fingerprint density at radius 2 is 1.50 bits per heavy atom. The maximum absolute atomic E-state index is 14.8. The molecular weight excluding hydrogens is 628 g/mol. The molecule has 3 N–H and O–H groups in total. The Kier molecular flexibility index (Phi) is 9.24. The predicted octanol–water partition coefficient (Wildman–Crippen LogP) is 7.70. The van der Waals surface area contributed by atoms with Gasteiger partial charge in [0.2, 0.25) is 11.8 Å². The number of ether oxygens (including phenoxy) is 1. The average Bonchev–Trinajstić information content (AvgIpc) is 3.42. The van der Waals surface area contributed by atoms with Crippen LogP contribution >= 0.6 is 0 Å². The van der Waals surface area contributed by atoms with Gasteiger partial charge in [0.1, 0.15) is 6.10 Å². The van der Waals surface area contributed by atoms with Gasteiger partial charge >= 0.3 is 11.9 Å². The lowest BCUT2D eigenvalue weighted by Gasteiger charge is -2.73. The van der Waals surface area contributed by atoms with Crippen LogP contribution in [-0.2, 0) is 23.9 Å². The lowest BCUT2D eigenvalue weighted by Crippen LogP contribution is -2.68. The van der Waals surface area contributed by atoms with E-state index in [4.69, 9.17) is 9.84 Å². The number of hydrogen-bond acceptors (Lipinski definition) is 5. The molecule has 0 bridgehead atoms. The SMILES string of the molecule is C=C(C)[C@@H]1CC[C@]2(C(=O)N[C@@H]3C[C@H](C(=O)NCCC(=O)O)C3(C)C)CC[C@]3(C)[C@H](CC[C@@H]4[C@@]5(C)CC[C@H](OC(C)=O)C(C)(C)[C@@H]5CC[C@]43C)[C@@H]12. The second-order valence-electron chi connectivity index (χ2n) is 19.9. The van der Waals surface area contributed by atoms with Gasteiger partial charge in [-0.1, -0.05) is 60.6 Å². The van der Waals surface area contributed by atoms with Gasteiger partial charge in [-0.15, -0.1) is 0 Å². The lowest BCUT2D eigenvalue weighted by molar-refractivity contribution is -0.249. The van der Waals surface area contributed by atoms with Crippen molar-refractivity contribution < 1.29 is 29.0 Å². The Bertz CT molecular complexity index is 1440. The first kappa shape index (κ1) is 37.4. The summed E-state index contributed by atoms with van der Waals surface area (Å²) >= 11 is 0. The van der Waals surface area contributed by atoms with Crippen molar-refractivity contribution in [2.75, 3.05) is 6.54 Å². The third-order valence-corrected chi connectivity index (χ3v) is 17.3. The summed E-state index contributed by atoms with van der Waals surface area (Å²) in [6.07, 6.45) is 11.0. The van der Waals surface area contributed by atoms with Crippen LogP contribution in [0.2, 0.25) is 0 Å². The zero-order chi connectivity index (χ0) is 36.8. The summed E-state index contributed by atoms with van der Waals surface area (Å²) in [6, 6.07) is -0.0913. The molecule has 6 aliphatic rings. The van der Waals surface area contributed by atoms with Gasteiger partial charge < -0.3 is 20.5 Å². The zero-order valence-electron chi connectivity index (χ0n) is 32.5. The molecule has 8 heteroatoms. The summed E-state index contributed by atoms with van der Waals surface area (Å²) in [7, 11) is 0. The summed E-state index contributed by atoms with van der Waals surface area (Å²) in [5.41, 5.74) is 0.768. The van der Waals surface area contributed by atoms with Crippen LogP contribution in [0.5, 0.6) is 0 Å². The number of aliphatic carboxylic acids is 1. The molecule has 12 atom stereocenters. The van der Waals surface area contributed by atoms with Gasteiger partial charge in [0, 0.05) is 30.8 Å². The number of rotatable bonds is 8. The van der Waals surface area contributed by atoms with Gasteiger partial charge in [0.15, 0.2) is 0 Å². The van der Waals surface area contributed by atoms with E-state index in [2.05, 4.69) is 72.6 Å². The van der Waals surface area contributed by atoms with E-state index < -0.39 is 16.8 Å². The molecule has 280 valence electrons. The maximum Gasteiger partial charge on any atom is 0.305 e. The molecule has 0 aromatic heterocycles. The number of amides is 2. The largest absolute Gasteiger partial charge is 0.481 e. The van der Waals surface area contributed by atoms with E-state index in [0.717, 1.165) is 51.4 Å². The molecule has 2 amide bonds. The number of carbonyl (C=O) groups is 4. The van der Waals surface area contributed by atoms with Crippen LogP contribution in [0.25, 0.3) is 0 Å². The normalized spacial score (nSPS) is 45.3. The fraction of sp³-hybridized carbons (Fsp3) is 0.857. The number of allylic oxidation sites excluding steroid dienone is 1. The van der Waals surface area contributed by atoms with Crippen molar-refractivity contribution in [2.24, 2.45) is 68.0 Å². The van der Waals surface area contributed by atoms with Gasteiger partial charge in [-0.05, 0) is 129 Å². The molecule has 0 aromatic carbocycles. The molecule has 50 heavy (non-hydrogen) atoms. The summed E-state index contributed by atoms with van der Waals surface area (Å²) in [6.45, 7) is 25.0. The molecule has 6 aliphatic carbocycles. The average molecular weight is 695 g/mol. The minimum atomic E-state index is -0.929. The number of carbonyl (C=O) groups excluding carboxylic acids is 3. The summed E-state index contributed by atoms with van der Waals surface area (Å²) in [5, 5.41) is 15.3.